The summed E-state index contributed by atoms with van der Waals surface area (Å²) in [6.07, 6.45) is 2.54. The first-order chi connectivity index (χ1) is 8.74. The van der Waals surface area contributed by atoms with Crippen LogP contribution in [0.4, 0.5) is 5.69 Å². The molecule has 0 aliphatic carbocycles. The summed E-state index contributed by atoms with van der Waals surface area (Å²) in [6.45, 7) is 2.21. The van der Waals surface area contributed by atoms with Gasteiger partial charge in [0.2, 0.25) is 0 Å². The Morgan fingerprint density at radius 1 is 1.67 bits per heavy atom. The lowest BCUT2D eigenvalue weighted by Gasteiger charge is -2.16. The van der Waals surface area contributed by atoms with Gasteiger partial charge in [0.05, 0.1) is 18.5 Å². The summed E-state index contributed by atoms with van der Waals surface area (Å²) in [5.41, 5.74) is 3.62. The predicted molar refractivity (Wildman–Crippen MR) is 67.9 cm³/mol. The van der Waals surface area contributed by atoms with E-state index in [1.54, 1.807) is 25.4 Å². The SMILES string of the molecule is COCC1CCN(C(=O)c2ccc(NN)cn2)C1. The van der Waals surface area contributed by atoms with Crippen molar-refractivity contribution in [2.24, 2.45) is 11.8 Å². The van der Waals surface area contributed by atoms with Gasteiger partial charge in [-0.1, -0.05) is 0 Å². The normalized spacial score (nSPS) is 19.0. The monoisotopic (exact) mass is 250 g/mol. The maximum Gasteiger partial charge on any atom is 0.272 e. The van der Waals surface area contributed by atoms with Gasteiger partial charge in [0, 0.05) is 26.1 Å². The van der Waals surface area contributed by atoms with Crippen LogP contribution in [0.15, 0.2) is 18.3 Å². The smallest absolute Gasteiger partial charge is 0.272 e. The van der Waals surface area contributed by atoms with E-state index in [2.05, 4.69) is 10.4 Å². The molecule has 6 nitrogen and oxygen atoms in total. The van der Waals surface area contributed by atoms with Crippen molar-refractivity contribution in [1.82, 2.24) is 9.88 Å². The highest BCUT2D eigenvalue weighted by atomic mass is 16.5. The van der Waals surface area contributed by atoms with E-state index < -0.39 is 0 Å². The molecule has 2 rings (SSSR count). The number of pyridine rings is 1. The molecule has 0 radical (unpaired) electrons. The molecule has 98 valence electrons. The van der Waals surface area contributed by atoms with Gasteiger partial charge in [-0.05, 0) is 18.6 Å². The van der Waals surface area contributed by atoms with Crippen LogP contribution in [0.1, 0.15) is 16.9 Å². The molecule has 0 aromatic carbocycles. The highest BCUT2D eigenvalue weighted by Gasteiger charge is 2.27. The summed E-state index contributed by atoms with van der Waals surface area (Å²) in [5.74, 6) is 5.65. The Labute approximate surface area is 106 Å². The third kappa shape index (κ3) is 2.77. The third-order valence-corrected chi connectivity index (χ3v) is 3.12. The van der Waals surface area contributed by atoms with E-state index in [1.807, 2.05) is 4.90 Å². The maximum atomic E-state index is 12.2. The van der Waals surface area contributed by atoms with Gasteiger partial charge >= 0.3 is 0 Å². The molecule has 18 heavy (non-hydrogen) atoms. The number of carbonyl (C=O) groups excluding carboxylic acids is 1. The second kappa shape index (κ2) is 5.79. The van der Waals surface area contributed by atoms with Crippen molar-refractivity contribution < 1.29 is 9.53 Å². The molecule has 1 saturated heterocycles. The summed E-state index contributed by atoms with van der Waals surface area (Å²) in [6, 6.07) is 3.42. The number of nitrogens with one attached hydrogen (secondary N) is 1. The van der Waals surface area contributed by atoms with Crippen molar-refractivity contribution in [2.75, 3.05) is 32.2 Å². The number of hydrazine groups is 1. The number of nitrogen functional groups attached to an aromatic ring is 1. The molecule has 1 aliphatic rings. The quantitative estimate of drug-likeness (QED) is 0.600. The van der Waals surface area contributed by atoms with E-state index >= 15 is 0 Å². The van der Waals surface area contributed by atoms with Crippen LogP contribution in [0, 0.1) is 5.92 Å². The number of carbonyl (C=O) groups is 1. The molecule has 1 fully saturated rings. The zero-order valence-corrected chi connectivity index (χ0v) is 10.4. The van der Waals surface area contributed by atoms with Gasteiger partial charge in [0.1, 0.15) is 5.69 Å². The molecule has 1 amide bonds. The number of hydrogen-bond donors (Lipinski definition) is 2. The van der Waals surface area contributed by atoms with Crippen molar-refractivity contribution in [3.63, 3.8) is 0 Å². The Hall–Kier alpha value is -1.66. The number of amides is 1. The van der Waals surface area contributed by atoms with Crippen molar-refractivity contribution in [2.45, 2.75) is 6.42 Å². The van der Waals surface area contributed by atoms with Crippen molar-refractivity contribution in [1.29, 1.82) is 0 Å². The van der Waals surface area contributed by atoms with Crippen LogP contribution in [0.3, 0.4) is 0 Å². The standard InChI is InChI=1S/C12H18N4O2/c1-18-8-9-4-5-16(7-9)12(17)11-3-2-10(15-13)6-14-11/h2-3,6,9,15H,4-5,7-8,13H2,1H3. The predicted octanol–water partition coefficient (Wildman–Crippen LogP) is 0.476. The fourth-order valence-corrected chi connectivity index (χ4v) is 2.16. The summed E-state index contributed by atoms with van der Waals surface area (Å²) in [7, 11) is 1.69. The molecule has 0 saturated carbocycles. The second-order valence-electron chi connectivity index (χ2n) is 4.44. The van der Waals surface area contributed by atoms with Gasteiger partial charge in [0.15, 0.2) is 0 Å². The lowest BCUT2D eigenvalue weighted by Crippen LogP contribution is -2.30. The minimum atomic E-state index is -0.0304. The first-order valence-electron chi connectivity index (χ1n) is 5.95. The minimum Gasteiger partial charge on any atom is -0.384 e. The van der Waals surface area contributed by atoms with Crippen molar-refractivity contribution in [3.8, 4) is 0 Å². The van der Waals surface area contributed by atoms with E-state index in [0.717, 1.165) is 19.5 Å². The molecule has 1 aromatic heterocycles. The first-order valence-corrected chi connectivity index (χ1v) is 5.95. The van der Waals surface area contributed by atoms with Crippen LogP contribution in [-0.2, 0) is 4.74 Å². The van der Waals surface area contributed by atoms with E-state index in [-0.39, 0.29) is 5.91 Å². The molecule has 3 N–H and O–H groups in total. The van der Waals surface area contributed by atoms with Crippen LogP contribution in [0.25, 0.3) is 0 Å². The fourth-order valence-electron chi connectivity index (χ4n) is 2.16. The molecule has 6 heteroatoms. The first kappa shape index (κ1) is 12.8. The average Bonchev–Trinajstić information content (AvgIpc) is 2.87. The summed E-state index contributed by atoms with van der Waals surface area (Å²) in [5, 5.41) is 0. The van der Waals surface area contributed by atoms with Gasteiger partial charge in [0.25, 0.3) is 5.91 Å². The fraction of sp³-hybridized carbons (Fsp3) is 0.500. The Bertz CT molecular complexity index is 407. The van der Waals surface area contributed by atoms with E-state index in [1.165, 1.54) is 0 Å². The Morgan fingerprint density at radius 3 is 3.11 bits per heavy atom. The number of methoxy groups -OCH3 is 1. The largest absolute Gasteiger partial charge is 0.384 e. The zero-order chi connectivity index (χ0) is 13.0. The maximum absolute atomic E-state index is 12.2. The van der Waals surface area contributed by atoms with Crippen LogP contribution in [0.2, 0.25) is 0 Å². The van der Waals surface area contributed by atoms with Gasteiger partial charge in [-0.2, -0.15) is 0 Å². The highest BCUT2D eigenvalue weighted by molar-refractivity contribution is 5.92. The molecule has 1 aliphatic heterocycles. The summed E-state index contributed by atoms with van der Waals surface area (Å²) >= 11 is 0. The zero-order valence-electron chi connectivity index (χ0n) is 10.4. The van der Waals surface area contributed by atoms with Gasteiger partial charge < -0.3 is 15.1 Å². The van der Waals surface area contributed by atoms with Crippen LogP contribution in [-0.4, -0.2) is 42.6 Å². The lowest BCUT2D eigenvalue weighted by atomic mass is 10.1. The van der Waals surface area contributed by atoms with Crippen molar-refractivity contribution in [3.05, 3.63) is 24.0 Å². The second-order valence-corrected chi connectivity index (χ2v) is 4.44. The topological polar surface area (TPSA) is 80.5 Å². The molecule has 0 bridgehead atoms. The van der Waals surface area contributed by atoms with Crippen LogP contribution < -0.4 is 11.3 Å². The summed E-state index contributed by atoms with van der Waals surface area (Å²) in [4.78, 5) is 18.1. The molecule has 2 heterocycles. The van der Waals surface area contributed by atoms with E-state index in [0.29, 0.717) is 23.9 Å². The number of nitrogens with zero attached hydrogens (tertiary/aromatic N) is 2. The number of nitrogens with two attached hydrogens (primary N) is 1. The lowest BCUT2D eigenvalue weighted by molar-refractivity contribution is 0.0770. The number of aromatic nitrogens is 1. The van der Waals surface area contributed by atoms with Gasteiger partial charge in [-0.25, -0.2) is 4.98 Å². The number of rotatable bonds is 4. The number of likely N-dealkylation sites (tertiary alicyclic amines) is 1. The molecule has 1 unspecified atom stereocenters. The number of hydrogen-bond acceptors (Lipinski definition) is 5. The number of anilines is 1. The van der Waals surface area contributed by atoms with Gasteiger partial charge in [-0.15, -0.1) is 0 Å². The number of ether oxygens (including phenoxy) is 1. The molecule has 1 aromatic rings. The Morgan fingerprint density at radius 2 is 2.50 bits per heavy atom. The van der Waals surface area contributed by atoms with Gasteiger partial charge in [-0.3, -0.25) is 10.6 Å². The van der Waals surface area contributed by atoms with Crippen LogP contribution in [0.5, 0.6) is 0 Å². The molecular formula is C12H18N4O2. The van der Waals surface area contributed by atoms with E-state index in [4.69, 9.17) is 10.6 Å². The minimum absolute atomic E-state index is 0.0304. The molecule has 1 atom stereocenters. The Kier molecular flexibility index (Phi) is 4.11. The third-order valence-electron chi connectivity index (χ3n) is 3.12. The molecule has 0 spiro atoms. The van der Waals surface area contributed by atoms with E-state index in [9.17, 15) is 4.79 Å². The summed E-state index contributed by atoms with van der Waals surface area (Å²) < 4.78 is 5.11. The average molecular weight is 250 g/mol. The van der Waals surface area contributed by atoms with Crippen LogP contribution >= 0.6 is 0 Å². The molecular weight excluding hydrogens is 232 g/mol. The Balaban J connectivity index is 1.98. The van der Waals surface area contributed by atoms with Crippen molar-refractivity contribution >= 4 is 11.6 Å². The highest BCUT2D eigenvalue weighted by Crippen LogP contribution is 2.18.